The summed E-state index contributed by atoms with van der Waals surface area (Å²) >= 11 is 0. The van der Waals surface area contributed by atoms with Crippen LogP contribution in [-0.4, -0.2) is 20.1 Å². The Labute approximate surface area is 89.9 Å². The fourth-order valence-corrected chi connectivity index (χ4v) is 2.34. The van der Waals surface area contributed by atoms with Crippen LogP contribution in [-0.2, 0) is 0 Å². The first-order chi connectivity index (χ1) is 7.22. The first kappa shape index (κ1) is 10.4. The van der Waals surface area contributed by atoms with E-state index in [2.05, 4.69) is 11.9 Å². The van der Waals surface area contributed by atoms with Gasteiger partial charge in [-0.15, -0.1) is 0 Å². The molecule has 0 saturated heterocycles. The number of benzene rings is 1. The van der Waals surface area contributed by atoms with Crippen LogP contribution in [0, 0.1) is 5.82 Å². The zero-order chi connectivity index (χ0) is 10.8. The van der Waals surface area contributed by atoms with Gasteiger partial charge >= 0.3 is 0 Å². The third-order valence-electron chi connectivity index (χ3n) is 3.09. The lowest BCUT2D eigenvalue weighted by atomic mass is 9.96. The summed E-state index contributed by atoms with van der Waals surface area (Å²) in [6, 6.07) is 5.06. The third kappa shape index (κ3) is 1.97. The summed E-state index contributed by atoms with van der Waals surface area (Å²) in [5, 5.41) is 0. The molecule has 0 spiro atoms. The van der Waals surface area contributed by atoms with Gasteiger partial charge in [-0.2, -0.15) is 0 Å². The van der Waals surface area contributed by atoms with Crippen molar-refractivity contribution in [1.82, 2.24) is 0 Å². The number of fused-ring (bicyclic) bond motifs is 1. The molecule has 1 aliphatic rings. The maximum absolute atomic E-state index is 13.1. The van der Waals surface area contributed by atoms with E-state index in [1.54, 1.807) is 6.07 Å². The predicted molar refractivity (Wildman–Crippen MR) is 60.7 cm³/mol. The molecule has 1 atom stereocenters. The summed E-state index contributed by atoms with van der Waals surface area (Å²) in [6.07, 6.45) is 2.06. The van der Waals surface area contributed by atoms with Gasteiger partial charge in [-0.3, -0.25) is 0 Å². The second-order valence-corrected chi connectivity index (χ2v) is 4.21. The number of nitrogens with zero attached hydrogens (tertiary/aromatic N) is 1. The van der Waals surface area contributed by atoms with Gasteiger partial charge < -0.3 is 10.6 Å². The molecule has 0 radical (unpaired) electrons. The van der Waals surface area contributed by atoms with Crippen LogP contribution in [0.3, 0.4) is 0 Å². The van der Waals surface area contributed by atoms with Gasteiger partial charge in [0.25, 0.3) is 0 Å². The van der Waals surface area contributed by atoms with Crippen LogP contribution < -0.4 is 10.6 Å². The molecule has 82 valence electrons. The predicted octanol–water partition coefficient (Wildman–Crippen LogP) is 2.10. The minimum absolute atomic E-state index is 0.137. The molecule has 0 aromatic heterocycles. The fraction of sp³-hybridized carbons (Fsp3) is 0.500. The SMILES string of the molecule is CN1CC(CCCN)c2cc(F)ccc21. The molecule has 1 unspecified atom stereocenters. The molecule has 0 bridgehead atoms. The first-order valence-electron chi connectivity index (χ1n) is 5.43. The van der Waals surface area contributed by atoms with Crippen LogP contribution >= 0.6 is 0 Å². The minimum Gasteiger partial charge on any atom is -0.374 e. The maximum Gasteiger partial charge on any atom is 0.123 e. The third-order valence-corrected chi connectivity index (χ3v) is 3.09. The van der Waals surface area contributed by atoms with E-state index in [1.807, 2.05) is 6.07 Å². The minimum atomic E-state index is -0.137. The Kier molecular flexibility index (Phi) is 2.91. The lowest BCUT2D eigenvalue weighted by Gasteiger charge is -2.12. The van der Waals surface area contributed by atoms with Gasteiger partial charge in [-0.25, -0.2) is 4.39 Å². The largest absolute Gasteiger partial charge is 0.374 e. The molecule has 15 heavy (non-hydrogen) atoms. The van der Waals surface area contributed by atoms with Crippen molar-refractivity contribution in [3.05, 3.63) is 29.6 Å². The van der Waals surface area contributed by atoms with E-state index >= 15 is 0 Å². The van der Waals surface area contributed by atoms with Crippen LogP contribution in [0.2, 0.25) is 0 Å². The zero-order valence-corrected chi connectivity index (χ0v) is 9.04. The van der Waals surface area contributed by atoms with E-state index < -0.39 is 0 Å². The van der Waals surface area contributed by atoms with E-state index in [9.17, 15) is 4.39 Å². The summed E-state index contributed by atoms with van der Waals surface area (Å²) in [5.41, 5.74) is 7.81. The summed E-state index contributed by atoms with van der Waals surface area (Å²) in [7, 11) is 2.05. The highest BCUT2D eigenvalue weighted by atomic mass is 19.1. The summed E-state index contributed by atoms with van der Waals surface area (Å²) in [5.74, 6) is 0.311. The molecule has 1 aromatic rings. The summed E-state index contributed by atoms with van der Waals surface area (Å²) in [4.78, 5) is 2.19. The molecule has 2 N–H and O–H groups in total. The maximum atomic E-state index is 13.1. The van der Waals surface area contributed by atoms with E-state index in [0.29, 0.717) is 12.5 Å². The van der Waals surface area contributed by atoms with Crippen LogP contribution in [0.5, 0.6) is 0 Å². The molecule has 3 heteroatoms. The quantitative estimate of drug-likeness (QED) is 0.824. The highest BCUT2D eigenvalue weighted by Crippen LogP contribution is 2.37. The van der Waals surface area contributed by atoms with Crippen LogP contribution in [0.25, 0.3) is 0 Å². The van der Waals surface area contributed by atoms with Crippen molar-refractivity contribution in [2.75, 3.05) is 25.0 Å². The molecule has 2 nitrogen and oxygen atoms in total. The molecule has 0 amide bonds. The van der Waals surface area contributed by atoms with Crippen molar-refractivity contribution in [2.45, 2.75) is 18.8 Å². The van der Waals surface area contributed by atoms with E-state index in [0.717, 1.165) is 24.9 Å². The number of hydrogen-bond donors (Lipinski definition) is 1. The van der Waals surface area contributed by atoms with Gasteiger partial charge in [0, 0.05) is 25.2 Å². The number of hydrogen-bond acceptors (Lipinski definition) is 2. The fourth-order valence-electron chi connectivity index (χ4n) is 2.34. The van der Waals surface area contributed by atoms with E-state index in [4.69, 9.17) is 5.73 Å². The van der Waals surface area contributed by atoms with Crippen molar-refractivity contribution < 1.29 is 4.39 Å². The first-order valence-corrected chi connectivity index (χ1v) is 5.43. The smallest absolute Gasteiger partial charge is 0.123 e. The number of halogens is 1. The van der Waals surface area contributed by atoms with Gasteiger partial charge in [0.15, 0.2) is 0 Å². The highest BCUT2D eigenvalue weighted by molar-refractivity contribution is 5.59. The summed E-state index contributed by atoms with van der Waals surface area (Å²) in [6.45, 7) is 1.70. The Morgan fingerprint density at radius 3 is 3.07 bits per heavy atom. The van der Waals surface area contributed by atoms with Gasteiger partial charge in [0.05, 0.1) is 0 Å². The molecule has 0 saturated carbocycles. The Morgan fingerprint density at radius 1 is 1.53 bits per heavy atom. The molecule has 1 aliphatic heterocycles. The molecular weight excluding hydrogens is 191 g/mol. The van der Waals surface area contributed by atoms with E-state index in [1.165, 1.54) is 11.8 Å². The van der Waals surface area contributed by atoms with Crippen LogP contribution in [0.4, 0.5) is 10.1 Å². The lowest BCUT2D eigenvalue weighted by molar-refractivity contribution is 0.604. The van der Waals surface area contributed by atoms with Crippen molar-refractivity contribution in [2.24, 2.45) is 5.73 Å². The second kappa shape index (κ2) is 4.19. The Balaban J connectivity index is 2.23. The molecule has 2 rings (SSSR count). The van der Waals surface area contributed by atoms with Crippen LogP contribution in [0.1, 0.15) is 24.3 Å². The molecule has 1 aromatic carbocycles. The lowest BCUT2D eigenvalue weighted by Crippen LogP contribution is -2.15. The normalized spacial score (nSPS) is 19.4. The Morgan fingerprint density at radius 2 is 2.33 bits per heavy atom. The van der Waals surface area contributed by atoms with Gasteiger partial charge in [-0.05, 0) is 43.1 Å². The monoisotopic (exact) mass is 208 g/mol. The topological polar surface area (TPSA) is 29.3 Å². The molecular formula is C12H17FN2. The van der Waals surface area contributed by atoms with Crippen molar-refractivity contribution in [3.8, 4) is 0 Å². The van der Waals surface area contributed by atoms with Crippen molar-refractivity contribution in [3.63, 3.8) is 0 Å². The Hall–Kier alpha value is -1.09. The average Bonchev–Trinajstić information content (AvgIpc) is 2.52. The van der Waals surface area contributed by atoms with Crippen molar-refractivity contribution in [1.29, 1.82) is 0 Å². The second-order valence-electron chi connectivity index (χ2n) is 4.21. The van der Waals surface area contributed by atoms with Crippen LogP contribution in [0.15, 0.2) is 18.2 Å². The van der Waals surface area contributed by atoms with Gasteiger partial charge in [0.1, 0.15) is 5.82 Å². The standard InChI is InChI=1S/C12H17FN2/c1-15-8-9(3-2-6-14)11-7-10(13)4-5-12(11)15/h4-5,7,9H,2-3,6,8,14H2,1H3. The number of likely N-dealkylation sites (N-methyl/N-ethyl adjacent to an activating group) is 1. The van der Waals surface area contributed by atoms with E-state index in [-0.39, 0.29) is 5.82 Å². The zero-order valence-electron chi connectivity index (χ0n) is 9.04. The van der Waals surface area contributed by atoms with Gasteiger partial charge in [0.2, 0.25) is 0 Å². The summed E-state index contributed by atoms with van der Waals surface area (Å²) < 4.78 is 13.1. The molecule has 0 aliphatic carbocycles. The number of anilines is 1. The average molecular weight is 208 g/mol. The highest BCUT2D eigenvalue weighted by Gasteiger charge is 2.25. The Bertz CT molecular complexity index is 351. The van der Waals surface area contributed by atoms with Gasteiger partial charge in [-0.1, -0.05) is 0 Å². The molecule has 0 fully saturated rings. The van der Waals surface area contributed by atoms with Crippen molar-refractivity contribution >= 4 is 5.69 Å². The number of rotatable bonds is 3. The number of nitrogens with two attached hydrogens (primary N) is 1. The molecule has 1 heterocycles.